The fraction of sp³-hybridized carbons (Fsp3) is 0.538. The van der Waals surface area contributed by atoms with Gasteiger partial charge >= 0.3 is 5.97 Å². The summed E-state index contributed by atoms with van der Waals surface area (Å²) in [7, 11) is 0. The summed E-state index contributed by atoms with van der Waals surface area (Å²) in [5.41, 5.74) is 5.04. The van der Waals surface area contributed by atoms with Gasteiger partial charge in [-0.1, -0.05) is 6.92 Å². The molecule has 1 aliphatic rings. The first-order valence-corrected chi connectivity index (χ1v) is 7.34. The number of carboxylic acids is 1. The number of rotatable bonds is 4. The quantitative estimate of drug-likeness (QED) is 0.861. The molecule has 110 valence electrons. The topological polar surface area (TPSA) is 88.6 Å². The molecule has 1 aliphatic heterocycles. The van der Waals surface area contributed by atoms with E-state index in [4.69, 9.17) is 10.8 Å². The second kappa shape index (κ2) is 5.57. The minimum absolute atomic E-state index is 0.0517. The molecule has 0 bridgehead atoms. The highest BCUT2D eigenvalue weighted by Crippen LogP contribution is 2.23. The van der Waals surface area contributed by atoms with E-state index < -0.39 is 11.5 Å². The zero-order valence-corrected chi connectivity index (χ0v) is 12.9. The van der Waals surface area contributed by atoms with Crippen LogP contribution in [0, 0.1) is 0 Å². The number of aryl methyl sites for hydroxylation is 1. The molecular weight excluding hydrogens is 326 g/mol. The van der Waals surface area contributed by atoms with Crippen LogP contribution in [0.25, 0.3) is 0 Å². The Morgan fingerprint density at radius 1 is 1.55 bits per heavy atom. The van der Waals surface area contributed by atoms with E-state index in [0.717, 1.165) is 17.4 Å². The fourth-order valence-corrected chi connectivity index (χ4v) is 2.89. The maximum absolute atomic E-state index is 12.5. The smallest absolute Gasteiger partial charge is 0.325 e. The van der Waals surface area contributed by atoms with Gasteiger partial charge in [-0.25, -0.2) is 0 Å². The van der Waals surface area contributed by atoms with Crippen molar-refractivity contribution in [3.63, 3.8) is 0 Å². The van der Waals surface area contributed by atoms with Crippen LogP contribution in [0.2, 0.25) is 0 Å². The number of likely N-dealkylation sites (tertiary alicyclic amines) is 1. The maximum atomic E-state index is 12.5. The van der Waals surface area contributed by atoms with Crippen LogP contribution in [0.3, 0.4) is 0 Å². The number of carboxylic acid groups (broad SMARTS) is 1. The number of hydrogen-bond donors (Lipinski definition) is 2. The Labute approximate surface area is 125 Å². The van der Waals surface area contributed by atoms with E-state index in [2.05, 4.69) is 15.9 Å². The van der Waals surface area contributed by atoms with Gasteiger partial charge in [0, 0.05) is 30.3 Å². The molecule has 2 rings (SSSR count). The molecule has 2 heterocycles. The number of halogens is 1. The van der Waals surface area contributed by atoms with Crippen molar-refractivity contribution in [2.24, 2.45) is 5.73 Å². The Balaban J connectivity index is 2.19. The number of hydrogen-bond acceptors (Lipinski definition) is 3. The van der Waals surface area contributed by atoms with Crippen LogP contribution in [0.1, 0.15) is 30.3 Å². The van der Waals surface area contributed by atoms with Gasteiger partial charge in [0.15, 0.2) is 0 Å². The summed E-state index contributed by atoms with van der Waals surface area (Å²) < 4.78 is 2.72. The van der Waals surface area contributed by atoms with Crippen molar-refractivity contribution < 1.29 is 14.7 Å². The third-order valence-corrected chi connectivity index (χ3v) is 3.99. The van der Waals surface area contributed by atoms with E-state index in [1.807, 2.05) is 17.7 Å². The lowest BCUT2D eigenvalue weighted by Gasteiger charge is -2.20. The van der Waals surface area contributed by atoms with E-state index in [-0.39, 0.29) is 18.9 Å². The molecule has 7 heteroatoms. The summed E-state index contributed by atoms with van der Waals surface area (Å²) in [6.45, 7) is 3.20. The monoisotopic (exact) mass is 343 g/mol. The molecule has 1 atom stereocenters. The molecule has 0 radical (unpaired) electrons. The van der Waals surface area contributed by atoms with E-state index in [0.29, 0.717) is 12.2 Å². The van der Waals surface area contributed by atoms with Crippen molar-refractivity contribution in [3.8, 4) is 0 Å². The lowest BCUT2D eigenvalue weighted by Crippen LogP contribution is -2.50. The van der Waals surface area contributed by atoms with E-state index >= 15 is 0 Å². The van der Waals surface area contributed by atoms with Crippen molar-refractivity contribution >= 4 is 27.8 Å². The summed E-state index contributed by atoms with van der Waals surface area (Å²) in [6, 6.07) is 1.76. The fourth-order valence-electron chi connectivity index (χ4n) is 2.42. The first kappa shape index (κ1) is 15.1. The minimum atomic E-state index is -1.32. The van der Waals surface area contributed by atoms with Crippen LogP contribution in [0.15, 0.2) is 16.7 Å². The number of carbonyl (C=O) groups excluding carboxylic acids is 1. The summed E-state index contributed by atoms with van der Waals surface area (Å²) in [5.74, 6) is -1.23. The summed E-state index contributed by atoms with van der Waals surface area (Å²) in [4.78, 5) is 25.1. The number of amides is 1. The molecule has 1 fully saturated rings. The molecule has 1 aromatic heterocycles. The molecule has 0 aliphatic carbocycles. The second-order valence-corrected chi connectivity index (χ2v) is 6.09. The van der Waals surface area contributed by atoms with Crippen LogP contribution in [0.4, 0.5) is 0 Å². The van der Waals surface area contributed by atoms with Gasteiger partial charge in [0.05, 0.1) is 0 Å². The van der Waals surface area contributed by atoms with Gasteiger partial charge in [-0.15, -0.1) is 0 Å². The molecule has 6 nitrogen and oxygen atoms in total. The van der Waals surface area contributed by atoms with Crippen molar-refractivity contribution in [3.05, 3.63) is 22.4 Å². The molecule has 20 heavy (non-hydrogen) atoms. The Morgan fingerprint density at radius 3 is 2.80 bits per heavy atom. The van der Waals surface area contributed by atoms with Crippen LogP contribution in [-0.4, -0.2) is 45.1 Å². The van der Waals surface area contributed by atoms with Gasteiger partial charge < -0.3 is 20.3 Å². The van der Waals surface area contributed by atoms with E-state index in [1.165, 1.54) is 4.90 Å². The zero-order valence-electron chi connectivity index (χ0n) is 11.3. The average Bonchev–Trinajstić information content (AvgIpc) is 2.94. The number of nitrogens with two attached hydrogens (primary N) is 1. The van der Waals surface area contributed by atoms with Crippen LogP contribution >= 0.6 is 15.9 Å². The van der Waals surface area contributed by atoms with Gasteiger partial charge in [0.2, 0.25) is 0 Å². The van der Waals surface area contributed by atoms with Gasteiger partial charge in [-0.2, -0.15) is 0 Å². The van der Waals surface area contributed by atoms with E-state index in [1.54, 1.807) is 6.07 Å². The lowest BCUT2D eigenvalue weighted by molar-refractivity contribution is -0.142. The highest BCUT2D eigenvalue weighted by molar-refractivity contribution is 9.10. The third kappa shape index (κ3) is 2.73. The van der Waals surface area contributed by atoms with Crippen LogP contribution in [0.5, 0.6) is 0 Å². The van der Waals surface area contributed by atoms with Crippen LogP contribution < -0.4 is 5.73 Å². The predicted molar refractivity (Wildman–Crippen MR) is 77.5 cm³/mol. The molecule has 0 aromatic carbocycles. The maximum Gasteiger partial charge on any atom is 0.325 e. The molecule has 1 aromatic rings. The second-order valence-electron chi connectivity index (χ2n) is 5.17. The first-order chi connectivity index (χ1) is 9.37. The Morgan fingerprint density at radius 2 is 2.25 bits per heavy atom. The molecule has 1 amide bonds. The largest absolute Gasteiger partial charge is 0.480 e. The van der Waals surface area contributed by atoms with Crippen molar-refractivity contribution in [2.75, 3.05) is 13.1 Å². The summed E-state index contributed by atoms with van der Waals surface area (Å²) in [6.07, 6.45) is 3.06. The molecular formula is C13H18BrN3O3. The third-order valence-electron chi connectivity index (χ3n) is 3.56. The lowest BCUT2D eigenvalue weighted by atomic mass is 10.0. The molecule has 3 N–H and O–H groups in total. The zero-order chi connectivity index (χ0) is 14.9. The Hall–Kier alpha value is -1.34. The minimum Gasteiger partial charge on any atom is -0.480 e. The normalized spacial score (nSPS) is 22.2. The van der Waals surface area contributed by atoms with Crippen molar-refractivity contribution in [1.29, 1.82) is 0 Å². The molecule has 0 saturated carbocycles. The number of aliphatic carboxylic acids is 1. The Bertz CT molecular complexity index is 543. The van der Waals surface area contributed by atoms with Crippen molar-refractivity contribution in [1.82, 2.24) is 9.47 Å². The molecule has 1 saturated heterocycles. The van der Waals surface area contributed by atoms with Gasteiger partial charge in [-0.05, 0) is 34.8 Å². The van der Waals surface area contributed by atoms with Crippen LogP contribution in [-0.2, 0) is 11.3 Å². The molecule has 0 spiro atoms. The number of carbonyl (C=O) groups is 2. The number of aromatic nitrogens is 1. The highest BCUT2D eigenvalue weighted by Gasteiger charge is 2.43. The van der Waals surface area contributed by atoms with Gasteiger partial charge in [0.1, 0.15) is 11.2 Å². The van der Waals surface area contributed by atoms with Gasteiger partial charge in [-0.3, -0.25) is 9.59 Å². The SMILES string of the molecule is CCCn1cc(Br)cc1C(=O)N1CCC(N)(C(=O)O)C1. The number of nitrogens with zero attached hydrogens (tertiary/aromatic N) is 2. The summed E-state index contributed by atoms with van der Waals surface area (Å²) >= 11 is 3.37. The first-order valence-electron chi connectivity index (χ1n) is 6.54. The summed E-state index contributed by atoms with van der Waals surface area (Å²) in [5, 5.41) is 9.11. The van der Waals surface area contributed by atoms with Gasteiger partial charge in [0.25, 0.3) is 5.91 Å². The van der Waals surface area contributed by atoms with Crippen molar-refractivity contribution in [2.45, 2.75) is 31.8 Å². The Kier molecular flexibility index (Phi) is 4.19. The molecule has 1 unspecified atom stereocenters. The average molecular weight is 344 g/mol. The predicted octanol–water partition coefficient (Wildman–Crippen LogP) is 1.29. The van der Waals surface area contributed by atoms with E-state index in [9.17, 15) is 9.59 Å². The standard InChI is InChI=1S/C13H18BrN3O3/c1-2-4-16-7-9(14)6-10(16)11(18)17-5-3-13(15,8-17)12(19)20/h6-7H,2-5,8,15H2,1H3,(H,19,20). The highest BCUT2D eigenvalue weighted by atomic mass is 79.9.